The van der Waals surface area contributed by atoms with Crippen molar-refractivity contribution in [1.29, 1.82) is 0 Å². The molecular weight excluding hydrogens is 278 g/mol. The molecule has 4 heteroatoms. The van der Waals surface area contributed by atoms with Crippen LogP contribution in [0.25, 0.3) is 0 Å². The number of likely N-dealkylation sites (N-methyl/N-ethyl adjacent to an activating group) is 1. The molecule has 2 heterocycles. The minimum Gasteiger partial charge on any atom is -0.493 e. The normalized spacial score (nSPS) is 41.0. The molecule has 1 fully saturated rings. The van der Waals surface area contributed by atoms with Crippen molar-refractivity contribution in [3.8, 4) is 11.5 Å². The maximum Gasteiger partial charge on any atom is 0.165 e. The van der Waals surface area contributed by atoms with Crippen molar-refractivity contribution >= 4 is 0 Å². The SMILES string of the molecule is COc1ccc2c3c1OC1C(O)C=C[C@H]4[C@@H](C2)N(C)CC[C@]314. The van der Waals surface area contributed by atoms with E-state index in [1.54, 1.807) is 7.11 Å². The minimum absolute atomic E-state index is 0.0806. The standard InChI is InChI=1S/C18H21NO3/c1-19-8-7-18-11-4-5-13(20)17(18)22-16-14(21-2)6-3-10(15(16)18)9-12(11)19/h3-6,11-13,17,20H,7-9H2,1-2H3/t11-,12+,13?,17?,18-/m0/s1. The lowest BCUT2D eigenvalue weighted by atomic mass is 9.53. The van der Waals surface area contributed by atoms with E-state index in [9.17, 15) is 5.11 Å². The zero-order valence-corrected chi connectivity index (χ0v) is 13.0. The van der Waals surface area contributed by atoms with E-state index < -0.39 is 6.10 Å². The van der Waals surface area contributed by atoms with Crippen LogP contribution in [-0.2, 0) is 11.8 Å². The minimum atomic E-state index is -0.539. The van der Waals surface area contributed by atoms with Gasteiger partial charge in [0.2, 0.25) is 0 Å². The van der Waals surface area contributed by atoms with Crippen molar-refractivity contribution < 1.29 is 14.6 Å². The fourth-order valence-electron chi connectivity index (χ4n) is 5.39. The van der Waals surface area contributed by atoms with Gasteiger partial charge in [0, 0.05) is 22.9 Å². The zero-order valence-electron chi connectivity index (χ0n) is 13.0. The van der Waals surface area contributed by atoms with Gasteiger partial charge in [-0.1, -0.05) is 18.2 Å². The Hall–Kier alpha value is -1.52. The summed E-state index contributed by atoms with van der Waals surface area (Å²) in [5.74, 6) is 2.09. The highest BCUT2D eigenvalue weighted by atomic mass is 16.5. The second-order valence-corrected chi connectivity index (χ2v) is 7.11. The summed E-state index contributed by atoms with van der Waals surface area (Å²) in [5, 5.41) is 10.6. The van der Waals surface area contributed by atoms with Crippen LogP contribution < -0.4 is 9.47 Å². The molecule has 2 bridgehead atoms. The summed E-state index contributed by atoms with van der Waals surface area (Å²) in [7, 11) is 3.91. The van der Waals surface area contributed by atoms with E-state index in [2.05, 4.69) is 24.1 Å². The quantitative estimate of drug-likeness (QED) is 0.798. The maximum absolute atomic E-state index is 10.6. The van der Waals surface area contributed by atoms with Gasteiger partial charge >= 0.3 is 0 Å². The first kappa shape index (κ1) is 13.0. The Bertz CT molecular complexity index is 685. The third kappa shape index (κ3) is 1.28. The number of ether oxygens (including phenoxy) is 2. The number of hydrogen-bond acceptors (Lipinski definition) is 4. The van der Waals surface area contributed by atoms with E-state index in [-0.39, 0.29) is 11.5 Å². The van der Waals surface area contributed by atoms with Crippen molar-refractivity contribution in [2.24, 2.45) is 5.92 Å². The Morgan fingerprint density at radius 3 is 3.05 bits per heavy atom. The van der Waals surface area contributed by atoms with Gasteiger partial charge in [-0.2, -0.15) is 0 Å². The molecule has 5 atom stereocenters. The largest absolute Gasteiger partial charge is 0.493 e. The summed E-state index contributed by atoms with van der Waals surface area (Å²) in [6.45, 7) is 1.05. The second-order valence-electron chi connectivity index (χ2n) is 7.11. The number of nitrogens with zero attached hydrogens (tertiary/aromatic N) is 1. The predicted octanol–water partition coefficient (Wildman–Crippen LogP) is 1.50. The van der Waals surface area contributed by atoms with Gasteiger partial charge in [-0.15, -0.1) is 0 Å². The zero-order chi connectivity index (χ0) is 15.1. The number of benzene rings is 1. The van der Waals surface area contributed by atoms with Crippen LogP contribution in [0.2, 0.25) is 0 Å². The van der Waals surface area contributed by atoms with Crippen LogP contribution in [0, 0.1) is 5.92 Å². The first-order valence-corrected chi connectivity index (χ1v) is 8.10. The van der Waals surface area contributed by atoms with Gasteiger partial charge in [-0.25, -0.2) is 0 Å². The highest BCUT2D eigenvalue weighted by Crippen LogP contribution is 2.62. The molecule has 2 aliphatic heterocycles. The Kier molecular flexibility index (Phi) is 2.39. The van der Waals surface area contributed by atoms with E-state index in [1.807, 2.05) is 12.1 Å². The molecule has 22 heavy (non-hydrogen) atoms. The van der Waals surface area contributed by atoms with Crippen molar-refractivity contribution in [3.63, 3.8) is 0 Å². The van der Waals surface area contributed by atoms with Gasteiger partial charge in [-0.05, 0) is 38.1 Å². The van der Waals surface area contributed by atoms with Crippen molar-refractivity contribution in [1.82, 2.24) is 4.90 Å². The fraction of sp³-hybridized carbons (Fsp3) is 0.556. The molecule has 4 nitrogen and oxygen atoms in total. The lowest BCUT2D eigenvalue weighted by Gasteiger charge is -2.56. The lowest BCUT2D eigenvalue weighted by molar-refractivity contribution is -0.0453. The highest BCUT2D eigenvalue weighted by Gasteiger charge is 2.64. The van der Waals surface area contributed by atoms with E-state index >= 15 is 0 Å². The molecule has 1 N–H and O–H groups in total. The molecule has 0 saturated carbocycles. The number of rotatable bonds is 1. The van der Waals surface area contributed by atoms with Gasteiger partial charge < -0.3 is 19.5 Å². The number of aliphatic hydroxyl groups is 1. The third-order valence-corrected chi connectivity index (χ3v) is 6.35. The molecular formula is C18H21NO3. The molecule has 1 aromatic carbocycles. The maximum atomic E-state index is 10.6. The van der Waals surface area contributed by atoms with Gasteiger partial charge in [0.15, 0.2) is 11.5 Å². The highest BCUT2D eigenvalue weighted by molar-refractivity contribution is 5.62. The summed E-state index contributed by atoms with van der Waals surface area (Å²) in [6, 6.07) is 4.70. The van der Waals surface area contributed by atoms with Crippen LogP contribution >= 0.6 is 0 Å². The molecule has 1 aromatic rings. The first-order valence-electron chi connectivity index (χ1n) is 8.10. The number of methoxy groups -OCH3 is 1. The molecule has 1 spiro atoms. The van der Waals surface area contributed by atoms with Crippen LogP contribution in [-0.4, -0.2) is 49.0 Å². The van der Waals surface area contributed by atoms with Crippen molar-refractivity contribution in [2.75, 3.05) is 20.7 Å². The van der Waals surface area contributed by atoms with Gasteiger partial charge in [0.1, 0.15) is 12.2 Å². The molecule has 4 aliphatic rings. The number of piperidine rings is 1. The van der Waals surface area contributed by atoms with E-state index in [0.29, 0.717) is 12.0 Å². The molecule has 0 aromatic heterocycles. The summed E-state index contributed by atoms with van der Waals surface area (Å²) in [4.78, 5) is 2.47. The Labute approximate surface area is 130 Å². The van der Waals surface area contributed by atoms with E-state index in [1.165, 1.54) is 11.1 Å². The van der Waals surface area contributed by atoms with E-state index in [0.717, 1.165) is 30.9 Å². The van der Waals surface area contributed by atoms with Crippen LogP contribution in [0.3, 0.4) is 0 Å². The van der Waals surface area contributed by atoms with Crippen LogP contribution in [0.5, 0.6) is 11.5 Å². The Morgan fingerprint density at radius 1 is 1.36 bits per heavy atom. The molecule has 2 aliphatic carbocycles. The van der Waals surface area contributed by atoms with Gasteiger partial charge in [0.05, 0.1) is 7.11 Å². The average Bonchev–Trinajstić information content (AvgIpc) is 2.88. The number of hydrogen-bond donors (Lipinski definition) is 1. The number of aliphatic hydroxyl groups excluding tert-OH is 1. The second kappa shape index (κ2) is 4.06. The van der Waals surface area contributed by atoms with Crippen LogP contribution in [0.1, 0.15) is 17.5 Å². The lowest BCUT2D eigenvalue weighted by Crippen LogP contribution is -2.64. The molecule has 2 unspecified atom stereocenters. The third-order valence-electron chi connectivity index (χ3n) is 6.35. The molecule has 5 rings (SSSR count). The smallest absolute Gasteiger partial charge is 0.165 e. The summed E-state index contributed by atoms with van der Waals surface area (Å²) < 4.78 is 11.8. The Balaban J connectivity index is 1.82. The summed E-state index contributed by atoms with van der Waals surface area (Å²) >= 11 is 0. The topological polar surface area (TPSA) is 41.9 Å². The van der Waals surface area contributed by atoms with Crippen LogP contribution in [0.15, 0.2) is 24.3 Å². The van der Waals surface area contributed by atoms with Crippen LogP contribution in [0.4, 0.5) is 0 Å². The monoisotopic (exact) mass is 299 g/mol. The molecule has 116 valence electrons. The van der Waals surface area contributed by atoms with Gasteiger partial charge in [0.25, 0.3) is 0 Å². The van der Waals surface area contributed by atoms with Gasteiger partial charge in [-0.3, -0.25) is 0 Å². The molecule has 0 amide bonds. The summed E-state index contributed by atoms with van der Waals surface area (Å²) in [6.07, 6.45) is 5.54. The van der Waals surface area contributed by atoms with Crippen molar-refractivity contribution in [3.05, 3.63) is 35.4 Å². The van der Waals surface area contributed by atoms with E-state index in [4.69, 9.17) is 9.47 Å². The summed E-state index contributed by atoms with van der Waals surface area (Å²) in [5.41, 5.74) is 2.60. The molecule has 1 saturated heterocycles. The Morgan fingerprint density at radius 2 is 2.23 bits per heavy atom. The fourth-order valence-corrected chi connectivity index (χ4v) is 5.39. The average molecular weight is 299 g/mol. The molecule has 0 radical (unpaired) electrons. The first-order chi connectivity index (χ1) is 10.7. The number of likely N-dealkylation sites (tertiary alicyclic amines) is 1. The predicted molar refractivity (Wildman–Crippen MR) is 82.5 cm³/mol. The van der Waals surface area contributed by atoms with Crippen molar-refractivity contribution in [2.45, 2.75) is 36.5 Å².